The van der Waals surface area contributed by atoms with E-state index in [4.69, 9.17) is 4.42 Å². The molecule has 0 spiro atoms. The van der Waals surface area contributed by atoms with Crippen LogP contribution in [-0.4, -0.2) is 32.5 Å². The monoisotopic (exact) mass is 410 g/mol. The van der Waals surface area contributed by atoms with E-state index < -0.39 is 5.76 Å². The van der Waals surface area contributed by atoms with Crippen molar-refractivity contribution in [2.45, 2.75) is 31.5 Å². The molecule has 7 nitrogen and oxygen atoms in total. The van der Waals surface area contributed by atoms with Crippen LogP contribution < -0.4 is 10.7 Å². The van der Waals surface area contributed by atoms with Crippen LogP contribution in [0.1, 0.15) is 13.8 Å². The van der Waals surface area contributed by atoms with Gasteiger partial charge in [0.05, 0.1) is 5.56 Å². The highest BCUT2D eigenvalue weighted by molar-refractivity contribution is 7.99. The van der Waals surface area contributed by atoms with Crippen molar-refractivity contribution in [3.63, 3.8) is 0 Å². The molecule has 0 aliphatic carbocycles. The predicted molar refractivity (Wildman–Crippen MR) is 114 cm³/mol. The molecule has 0 aliphatic heterocycles. The van der Waals surface area contributed by atoms with Crippen molar-refractivity contribution in [3.8, 4) is 11.5 Å². The average Bonchev–Trinajstić information content (AvgIpc) is 3.07. The van der Waals surface area contributed by atoms with E-state index in [1.54, 1.807) is 29.3 Å². The number of pyridine rings is 1. The zero-order chi connectivity index (χ0) is 20.8. The zero-order valence-corrected chi connectivity index (χ0v) is 17.1. The SMILES string of the molecule is C=CCSc1ncccc1-c1nn(CC(=O)N(c2ccccc2)C(C)C)c(=O)o1. The average molecular weight is 410 g/mol. The molecule has 1 amide bonds. The highest BCUT2D eigenvalue weighted by Gasteiger charge is 2.22. The van der Waals surface area contributed by atoms with Crippen molar-refractivity contribution in [2.24, 2.45) is 0 Å². The molecule has 0 N–H and O–H groups in total. The van der Waals surface area contributed by atoms with Crippen LogP contribution in [0.4, 0.5) is 5.69 Å². The van der Waals surface area contributed by atoms with Crippen LogP contribution in [0, 0.1) is 0 Å². The summed E-state index contributed by atoms with van der Waals surface area (Å²) in [5.74, 6) is -0.138. The van der Waals surface area contributed by atoms with Crippen molar-refractivity contribution in [1.82, 2.24) is 14.8 Å². The maximum absolute atomic E-state index is 12.9. The number of thioether (sulfide) groups is 1. The van der Waals surface area contributed by atoms with Crippen LogP contribution in [0.3, 0.4) is 0 Å². The van der Waals surface area contributed by atoms with E-state index in [0.717, 1.165) is 10.4 Å². The van der Waals surface area contributed by atoms with Crippen LogP contribution in [-0.2, 0) is 11.3 Å². The predicted octanol–water partition coefficient (Wildman–Crippen LogP) is 3.62. The summed E-state index contributed by atoms with van der Waals surface area (Å²) >= 11 is 1.46. The fraction of sp³-hybridized carbons (Fsp3) is 0.238. The summed E-state index contributed by atoms with van der Waals surface area (Å²) in [6, 6.07) is 12.8. The van der Waals surface area contributed by atoms with Crippen molar-refractivity contribution in [2.75, 3.05) is 10.7 Å². The van der Waals surface area contributed by atoms with Gasteiger partial charge in [-0.05, 0) is 38.1 Å². The Morgan fingerprint density at radius 1 is 1.28 bits per heavy atom. The molecule has 0 aliphatic rings. The van der Waals surface area contributed by atoms with Crippen LogP contribution in [0.5, 0.6) is 0 Å². The van der Waals surface area contributed by atoms with E-state index in [0.29, 0.717) is 16.3 Å². The highest BCUT2D eigenvalue weighted by Crippen LogP contribution is 2.27. The Labute approximate surface area is 173 Å². The summed E-state index contributed by atoms with van der Waals surface area (Å²) < 4.78 is 6.36. The first-order valence-electron chi connectivity index (χ1n) is 9.15. The summed E-state index contributed by atoms with van der Waals surface area (Å²) in [5, 5.41) is 4.92. The van der Waals surface area contributed by atoms with Crippen molar-refractivity contribution in [3.05, 3.63) is 71.9 Å². The first-order chi connectivity index (χ1) is 14.0. The number of nitrogens with zero attached hydrogens (tertiary/aromatic N) is 4. The minimum Gasteiger partial charge on any atom is -0.387 e. The number of carbonyl (C=O) groups is 1. The molecular weight excluding hydrogens is 388 g/mol. The minimum absolute atomic E-state index is 0.0767. The lowest BCUT2D eigenvalue weighted by Gasteiger charge is -2.26. The van der Waals surface area contributed by atoms with Gasteiger partial charge in [-0.2, -0.15) is 4.68 Å². The second-order valence-corrected chi connectivity index (χ2v) is 7.49. The summed E-state index contributed by atoms with van der Waals surface area (Å²) in [4.78, 5) is 31.2. The lowest BCUT2D eigenvalue weighted by molar-refractivity contribution is -0.119. The molecule has 0 bridgehead atoms. The first-order valence-corrected chi connectivity index (χ1v) is 10.1. The molecule has 0 saturated carbocycles. The van der Waals surface area contributed by atoms with Gasteiger partial charge in [-0.25, -0.2) is 9.78 Å². The van der Waals surface area contributed by atoms with E-state index in [-0.39, 0.29) is 24.4 Å². The van der Waals surface area contributed by atoms with Crippen LogP contribution in [0.2, 0.25) is 0 Å². The molecule has 2 aromatic heterocycles. The fourth-order valence-corrected chi connectivity index (χ4v) is 3.57. The molecule has 29 heavy (non-hydrogen) atoms. The molecule has 0 atom stereocenters. The van der Waals surface area contributed by atoms with E-state index in [1.165, 1.54) is 11.8 Å². The number of hydrogen-bond acceptors (Lipinski definition) is 6. The Bertz CT molecular complexity index is 1040. The van der Waals surface area contributed by atoms with E-state index in [2.05, 4.69) is 16.7 Å². The lowest BCUT2D eigenvalue weighted by Crippen LogP contribution is -2.40. The number of para-hydroxylation sites is 1. The molecule has 3 rings (SSSR count). The fourth-order valence-electron chi connectivity index (χ4n) is 2.84. The molecule has 1 aromatic carbocycles. The van der Waals surface area contributed by atoms with Gasteiger partial charge in [0.25, 0.3) is 5.89 Å². The summed E-state index contributed by atoms with van der Waals surface area (Å²) in [6.07, 6.45) is 3.43. The Kier molecular flexibility index (Phi) is 6.66. The Morgan fingerprint density at radius 3 is 2.72 bits per heavy atom. The van der Waals surface area contributed by atoms with E-state index in [1.807, 2.05) is 44.2 Å². The smallest absolute Gasteiger partial charge is 0.387 e. The van der Waals surface area contributed by atoms with Gasteiger partial charge in [0.2, 0.25) is 5.91 Å². The number of benzene rings is 1. The third-order valence-corrected chi connectivity index (χ3v) is 5.05. The van der Waals surface area contributed by atoms with Gasteiger partial charge in [0, 0.05) is 23.7 Å². The third kappa shape index (κ3) is 4.83. The standard InChI is InChI=1S/C21H22N4O3S/c1-4-13-29-20-17(11-8-12-22-20)19-23-24(21(27)28-19)14-18(26)25(15(2)3)16-9-6-5-7-10-16/h4-12,15H,1,13-14H2,2-3H3. The molecule has 8 heteroatoms. The number of hydrogen-bond donors (Lipinski definition) is 0. The molecule has 3 aromatic rings. The van der Waals surface area contributed by atoms with Gasteiger partial charge >= 0.3 is 5.76 Å². The third-order valence-electron chi connectivity index (χ3n) is 4.05. The van der Waals surface area contributed by atoms with Gasteiger partial charge in [0.15, 0.2) is 0 Å². The van der Waals surface area contributed by atoms with Gasteiger partial charge in [-0.3, -0.25) is 4.79 Å². The minimum atomic E-state index is -0.686. The molecule has 150 valence electrons. The van der Waals surface area contributed by atoms with Gasteiger partial charge in [-0.15, -0.1) is 23.4 Å². The van der Waals surface area contributed by atoms with Crippen LogP contribution >= 0.6 is 11.8 Å². The maximum atomic E-state index is 12.9. The summed E-state index contributed by atoms with van der Waals surface area (Å²) in [7, 11) is 0. The molecule has 0 radical (unpaired) electrons. The zero-order valence-electron chi connectivity index (χ0n) is 16.3. The van der Waals surface area contributed by atoms with Crippen LogP contribution in [0.15, 0.2) is 75.6 Å². The molecule has 2 heterocycles. The largest absolute Gasteiger partial charge is 0.437 e. The van der Waals surface area contributed by atoms with Crippen molar-refractivity contribution < 1.29 is 9.21 Å². The topological polar surface area (TPSA) is 81.2 Å². The van der Waals surface area contributed by atoms with Gasteiger partial charge in [0.1, 0.15) is 11.6 Å². The molecular formula is C21H22N4O3S. The summed E-state index contributed by atoms with van der Waals surface area (Å²) in [5.41, 5.74) is 1.37. The number of amides is 1. The number of carbonyl (C=O) groups excluding carboxylic acids is 1. The Balaban J connectivity index is 1.87. The maximum Gasteiger partial charge on any atom is 0.437 e. The van der Waals surface area contributed by atoms with Crippen molar-refractivity contribution >= 4 is 23.4 Å². The quantitative estimate of drug-likeness (QED) is 0.417. The van der Waals surface area contributed by atoms with E-state index >= 15 is 0 Å². The van der Waals surface area contributed by atoms with Crippen LogP contribution in [0.25, 0.3) is 11.5 Å². The number of aromatic nitrogens is 3. The van der Waals surface area contributed by atoms with Crippen molar-refractivity contribution in [1.29, 1.82) is 0 Å². The van der Waals surface area contributed by atoms with E-state index in [9.17, 15) is 9.59 Å². The number of anilines is 1. The Hall–Kier alpha value is -3.13. The second-order valence-electron chi connectivity index (χ2n) is 6.48. The number of rotatable bonds is 8. The molecule has 0 saturated heterocycles. The summed E-state index contributed by atoms with van der Waals surface area (Å²) in [6.45, 7) is 7.32. The normalized spacial score (nSPS) is 10.9. The molecule has 0 unspecified atom stereocenters. The van der Waals surface area contributed by atoms with Gasteiger partial charge in [-0.1, -0.05) is 24.3 Å². The second kappa shape index (κ2) is 9.38. The molecule has 0 fully saturated rings. The van der Waals surface area contributed by atoms with Gasteiger partial charge < -0.3 is 9.32 Å². The first kappa shape index (κ1) is 20.6. The lowest BCUT2D eigenvalue weighted by atomic mass is 10.2. The Morgan fingerprint density at radius 2 is 2.03 bits per heavy atom. The highest BCUT2D eigenvalue weighted by atomic mass is 32.2.